The van der Waals surface area contributed by atoms with Crippen molar-refractivity contribution < 1.29 is 0 Å². The zero-order valence-corrected chi connectivity index (χ0v) is 7.07. The lowest BCUT2D eigenvalue weighted by Crippen LogP contribution is -2.04. The molecular weight excluding hydrogens is 152 g/mol. The number of aliphatic imine (C=N–C) groups is 1. The van der Waals surface area contributed by atoms with Crippen LogP contribution in [0.5, 0.6) is 0 Å². The van der Waals surface area contributed by atoms with Crippen LogP contribution in [0.15, 0.2) is 11.3 Å². The fraction of sp³-hybridized carbons (Fsp3) is 0.375. The Balaban J connectivity index is 2.68. The highest BCUT2D eigenvalue weighted by molar-refractivity contribution is 6.05. The second-order valence-corrected chi connectivity index (χ2v) is 2.91. The van der Waals surface area contributed by atoms with Crippen molar-refractivity contribution in [2.45, 2.75) is 19.9 Å². The molecule has 0 aromatic carbocycles. The molecule has 0 aliphatic carbocycles. The van der Waals surface area contributed by atoms with Crippen LogP contribution in [-0.2, 0) is 0 Å². The number of aromatic nitrogens is 2. The molecule has 0 fully saturated rings. The van der Waals surface area contributed by atoms with Gasteiger partial charge >= 0.3 is 0 Å². The maximum Gasteiger partial charge on any atom is 0.136 e. The van der Waals surface area contributed by atoms with Crippen LogP contribution in [0, 0.1) is 0 Å². The normalized spacial score (nSPS) is 20.5. The van der Waals surface area contributed by atoms with Gasteiger partial charge in [-0.15, -0.1) is 0 Å². The van der Waals surface area contributed by atoms with Gasteiger partial charge in [-0.05, 0) is 13.8 Å². The SMILES string of the molecule is CC1=NC(C)c2ncnc(N)c21. The monoisotopic (exact) mass is 162 g/mol. The summed E-state index contributed by atoms with van der Waals surface area (Å²) in [4.78, 5) is 12.4. The summed E-state index contributed by atoms with van der Waals surface area (Å²) >= 11 is 0. The van der Waals surface area contributed by atoms with Gasteiger partial charge in [0.25, 0.3) is 0 Å². The second kappa shape index (κ2) is 2.27. The van der Waals surface area contributed by atoms with Gasteiger partial charge in [0.1, 0.15) is 12.1 Å². The van der Waals surface area contributed by atoms with E-state index in [4.69, 9.17) is 5.73 Å². The van der Waals surface area contributed by atoms with Gasteiger partial charge in [-0.2, -0.15) is 0 Å². The summed E-state index contributed by atoms with van der Waals surface area (Å²) in [6, 6.07) is 0.130. The van der Waals surface area contributed by atoms with Crippen LogP contribution >= 0.6 is 0 Å². The molecule has 0 radical (unpaired) electrons. The lowest BCUT2D eigenvalue weighted by atomic mass is 10.1. The molecule has 1 aliphatic rings. The third kappa shape index (κ3) is 0.809. The van der Waals surface area contributed by atoms with E-state index in [1.165, 1.54) is 6.33 Å². The molecule has 2 rings (SSSR count). The minimum atomic E-state index is 0.130. The van der Waals surface area contributed by atoms with Crippen molar-refractivity contribution >= 4 is 11.5 Å². The maximum absolute atomic E-state index is 5.69. The summed E-state index contributed by atoms with van der Waals surface area (Å²) in [5, 5.41) is 0. The number of nitrogens with zero attached hydrogens (tertiary/aromatic N) is 3. The van der Waals surface area contributed by atoms with Gasteiger partial charge in [-0.25, -0.2) is 9.97 Å². The molecule has 62 valence electrons. The quantitative estimate of drug-likeness (QED) is 0.617. The summed E-state index contributed by atoms with van der Waals surface area (Å²) in [6.07, 6.45) is 1.48. The van der Waals surface area contributed by atoms with Crippen LogP contribution in [0.2, 0.25) is 0 Å². The third-order valence-corrected chi connectivity index (χ3v) is 2.05. The summed E-state index contributed by atoms with van der Waals surface area (Å²) < 4.78 is 0. The first-order chi connectivity index (χ1) is 5.70. The summed E-state index contributed by atoms with van der Waals surface area (Å²) in [5.41, 5.74) is 8.50. The summed E-state index contributed by atoms with van der Waals surface area (Å²) in [5.74, 6) is 0.533. The average molecular weight is 162 g/mol. The molecule has 4 heteroatoms. The minimum Gasteiger partial charge on any atom is -0.383 e. The Hall–Kier alpha value is -1.45. The Morgan fingerprint density at radius 1 is 1.42 bits per heavy atom. The number of nitrogen functional groups attached to an aromatic ring is 1. The molecule has 0 bridgehead atoms. The smallest absolute Gasteiger partial charge is 0.136 e. The van der Waals surface area contributed by atoms with E-state index in [1.54, 1.807) is 0 Å². The highest BCUT2D eigenvalue weighted by Crippen LogP contribution is 2.29. The largest absolute Gasteiger partial charge is 0.383 e. The van der Waals surface area contributed by atoms with Crippen molar-refractivity contribution in [3.8, 4) is 0 Å². The Morgan fingerprint density at radius 2 is 2.17 bits per heavy atom. The van der Waals surface area contributed by atoms with Crippen LogP contribution in [-0.4, -0.2) is 15.7 Å². The molecule has 0 saturated heterocycles. The molecule has 0 saturated carbocycles. The van der Waals surface area contributed by atoms with Crippen molar-refractivity contribution in [1.29, 1.82) is 0 Å². The predicted octanol–water partition coefficient (Wildman–Crippen LogP) is 0.942. The first-order valence-corrected chi connectivity index (χ1v) is 3.85. The van der Waals surface area contributed by atoms with Gasteiger partial charge in [-0.3, -0.25) is 4.99 Å². The number of hydrogen-bond acceptors (Lipinski definition) is 4. The highest BCUT2D eigenvalue weighted by atomic mass is 15.0. The molecule has 1 atom stereocenters. The zero-order valence-electron chi connectivity index (χ0n) is 7.07. The topological polar surface area (TPSA) is 64.2 Å². The number of nitrogens with two attached hydrogens (primary N) is 1. The van der Waals surface area contributed by atoms with E-state index in [2.05, 4.69) is 15.0 Å². The maximum atomic E-state index is 5.69. The molecular formula is C8H10N4. The lowest BCUT2D eigenvalue weighted by molar-refractivity contribution is 0.799. The molecule has 1 aromatic rings. The average Bonchev–Trinajstić information content (AvgIpc) is 2.29. The summed E-state index contributed by atoms with van der Waals surface area (Å²) in [7, 11) is 0. The minimum absolute atomic E-state index is 0.130. The van der Waals surface area contributed by atoms with E-state index >= 15 is 0 Å². The Bertz CT molecular complexity index is 356. The molecule has 1 aliphatic heterocycles. The van der Waals surface area contributed by atoms with E-state index in [1.807, 2.05) is 13.8 Å². The van der Waals surface area contributed by atoms with E-state index in [0.717, 1.165) is 17.0 Å². The number of anilines is 1. The number of hydrogen-bond donors (Lipinski definition) is 1. The first kappa shape index (κ1) is 7.21. The third-order valence-electron chi connectivity index (χ3n) is 2.05. The first-order valence-electron chi connectivity index (χ1n) is 3.85. The van der Waals surface area contributed by atoms with E-state index in [9.17, 15) is 0 Å². The molecule has 1 unspecified atom stereocenters. The van der Waals surface area contributed by atoms with E-state index in [-0.39, 0.29) is 6.04 Å². The summed E-state index contributed by atoms with van der Waals surface area (Å²) in [6.45, 7) is 3.93. The van der Waals surface area contributed by atoms with Crippen LogP contribution in [0.3, 0.4) is 0 Å². The zero-order chi connectivity index (χ0) is 8.72. The van der Waals surface area contributed by atoms with Crippen molar-refractivity contribution in [3.05, 3.63) is 17.6 Å². The van der Waals surface area contributed by atoms with Gasteiger partial charge < -0.3 is 5.73 Å². The van der Waals surface area contributed by atoms with Crippen LogP contribution in [0.1, 0.15) is 31.1 Å². The van der Waals surface area contributed by atoms with Crippen molar-refractivity contribution in [3.63, 3.8) is 0 Å². The van der Waals surface area contributed by atoms with Crippen LogP contribution < -0.4 is 5.73 Å². The fourth-order valence-corrected chi connectivity index (χ4v) is 1.52. The van der Waals surface area contributed by atoms with Gasteiger partial charge in [0, 0.05) is 5.71 Å². The number of fused-ring (bicyclic) bond motifs is 1. The van der Waals surface area contributed by atoms with Crippen LogP contribution in [0.4, 0.5) is 5.82 Å². The molecule has 12 heavy (non-hydrogen) atoms. The van der Waals surface area contributed by atoms with Gasteiger partial charge in [0.05, 0.1) is 17.3 Å². The van der Waals surface area contributed by atoms with Gasteiger partial charge in [0.15, 0.2) is 0 Å². The Morgan fingerprint density at radius 3 is 2.83 bits per heavy atom. The van der Waals surface area contributed by atoms with E-state index < -0.39 is 0 Å². The number of rotatable bonds is 0. The van der Waals surface area contributed by atoms with Crippen molar-refractivity contribution in [2.75, 3.05) is 5.73 Å². The Labute approximate surface area is 70.6 Å². The molecule has 1 aromatic heterocycles. The lowest BCUT2D eigenvalue weighted by Gasteiger charge is -2.02. The fourth-order valence-electron chi connectivity index (χ4n) is 1.52. The molecule has 0 spiro atoms. The standard InChI is InChI=1S/C8H10N4/c1-4-6-7(5(2)12-4)10-3-11-8(6)9/h3,5H,1-2H3,(H2,9,10,11). The van der Waals surface area contributed by atoms with E-state index in [0.29, 0.717) is 5.82 Å². The molecule has 0 amide bonds. The van der Waals surface area contributed by atoms with Crippen molar-refractivity contribution in [1.82, 2.24) is 9.97 Å². The molecule has 4 nitrogen and oxygen atoms in total. The van der Waals surface area contributed by atoms with Gasteiger partial charge in [-0.1, -0.05) is 0 Å². The molecule has 2 heterocycles. The highest BCUT2D eigenvalue weighted by Gasteiger charge is 2.22. The Kier molecular flexibility index (Phi) is 1.36. The predicted molar refractivity (Wildman–Crippen MR) is 47.1 cm³/mol. The van der Waals surface area contributed by atoms with Crippen molar-refractivity contribution in [2.24, 2.45) is 4.99 Å². The molecule has 2 N–H and O–H groups in total. The second-order valence-electron chi connectivity index (χ2n) is 2.91. The van der Waals surface area contributed by atoms with Crippen LogP contribution in [0.25, 0.3) is 0 Å². The van der Waals surface area contributed by atoms with Gasteiger partial charge in [0.2, 0.25) is 0 Å².